The summed E-state index contributed by atoms with van der Waals surface area (Å²) in [5.41, 5.74) is 10.4. The van der Waals surface area contributed by atoms with Crippen molar-refractivity contribution in [1.29, 1.82) is 0 Å². The van der Waals surface area contributed by atoms with Crippen LogP contribution in [0.5, 0.6) is 0 Å². The van der Waals surface area contributed by atoms with Gasteiger partial charge in [0.25, 0.3) is 0 Å². The van der Waals surface area contributed by atoms with Crippen LogP contribution in [0, 0.1) is 0 Å². The Kier molecular flexibility index (Phi) is 3.82. The van der Waals surface area contributed by atoms with Crippen molar-refractivity contribution < 1.29 is 0 Å². The molecule has 0 atom stereocenters. The van der Waals surface area contributed by atoms with E-state index in [0.29, 0.717) is 6.54 Å². The molecular weight excluding hydrogens is 230 g/mol. The Hall–Kier alpha value is -1.31. The van der Waals surface area contributed by atoms with Crippen molar-refractivity contribution in [3.05, 3.63) is 58.6 Å². The maximum absolute atomic E-state index is 6.05. The molecule has 0 saturated carbocycles. The second-order valence-electron chi connectivity index (χ2n) is 4.06. The third kappa shape index (κ3) is 2.68. The Morgan fingerprint density at radius 1 is 1.00 bits per heavy atom. The Morgan fingerprint density at radius 3 is 2.24 bits per heavy atom. The van der Waals surface area contributed by atoms with Crippen LogP contribution in [0.1, 0.15) is 18.1 Å². The standard InChI is InChI=1S/C15H16ClN/c1-2-11-3-5-12(6-4-11)13-7-8-15(16)14(9-13)10-17/h3-9H,2,10,17H2,1H3. The van der Waals surface area contributed by atoms with E-state index in [1.807, 2.05) is 12.1 Å². The van der Waals surface area contributed by atoms with Crippen LogP contribution in [0.2, 0.25) is 5.02 Å². The highest BCUT2D eigenvalue weighted by molar-refractivity contribution is 6.31. The predicted octanol–water partition coefficient (Wildman–Crippen LogP) is 4.03. The number of hydrogen-bond donors (Lipinski definition) is 1. The second kappa shape index (κ2) is 5.35. The quantitative estimate of drug-likeness (QED) is 0.868. The van der Waals surface area contributed by atoms with E-state index in [-0.39, 0.29) is 0 Å². The number of halogens is 1. The molecule has 0 bridgehead atoms. The SMILES string of the molecule is CCc1ccc(-c2ccc(Cl)c(CN)c2)cc1. The highest BCUT2D eigenvalue weighted by atomic mass is 35.5. The maximum atomic E-state index is 6.05. The lowest BCUT2D eigenvalue weighted by Crippen LogP contribution is -1.97. The lowest BCUT2D eigenvalue weighted by Gasteiger charge is -2.07. The molecule has 0 heterocycles. The van der Waals surface area contributed by atoms with E-state index in [1.54, 1.807) is 0 Å². The summed E-state index contributed by atoms with van der Waals surface area (Å²) in [6.45, 7) is 2.63. The summed E-state index contributed by atoms with van der Waals surface area (Å²) in [6.07, 6.45) is 1.06. The van der Waals surface area contributed by atoms with Crippen LogP contribution in [0.25, 0.3) is 11.1 Å². The maximum Gasteiger partial charge on any atom is 0.0451 e. The van der Waals surface area contributed by atoms with Gasteiger partial charge in [0, 0.05) is 11.6 Å². The van der Waals surface area contributed by atoms with Gasteiger partial charge in [-0.25, -0.2) is 0 Å². The minimum atomic E-state index is 0.472. The van der Waals surface area contributed by atoms with Gasteiger partial charge in [0.2, 0.25) is 0 Å². The van der Waals surface area contributed by atoms with Gasteiger partial charge in [-0.15, -0.1) is 0 Å². The highest BCUT2D eigenvalue weighted by Crippen LogP contribution is 2.25. The Labute approximate surface area is 107 Å². The van der Waals surface area contributed by atoms with Gasteiger partial charge in [-0.05, 0) is 40.8 Å². The van der Waals surface area contributed by atoms with E-state index in [2.05, 4.69) is 37.3 Å². The fraction of sp³-hybridized carbons (Fsp3) is 0.200. The van der Waals surface area contributed by atoms with E-state index >= 15 is 0 Å². The Bertz CT molecular complexity index is 503. The summed E-state index contributed by atoms with van der Waals surface area (Å²) in [6, 6.07) is 14.6. The molecule has 2 heteroatoms. The minimum Gasteiger partial charge on any atom is -0.326 e. The topological polar surface area (TPSA) is 26.0 Å². The van der Waals surface area contributed by atoms with Crippen molar-refractivity contribution in [2.45, 2.75) is 19.9 Å². The lowest BCUT2D eigenvalue weighted by molar-refractivity contribution is 1.07. The van der Waals surface area contributed by atoms with Crippen LogP contribution >= 0.6 is 11.6 Å². The van der Waals surface area contributed by atoms with Gasteiger partial charge in [0.1, 0.15) is 0 Å². The molecule has 0 unspecified atom stereocenters. The average Bonchev–Trinajstić information content (AvgIpc) is 2.39. The Balaban J connectivity index is 2.38. The lowest BCUT2D eigenvalue weighted by atomic mass is 10.0. The zero-order valence-corrected chi connectivity index (χ0v) is 10.7. The molecule has 0 spiro atoms. The van der Waals surface area contributed by atoms with E-state index in [9.17, 15) is 0 Å². The highest BCUT2D eigenvalue weighted by Gasteiger charge is 2.02. The summed E-state index contributed by atoms with van der Waals surface area (Å²) in [7, 11) is 0. The first-order chi connectivity index (χ1) is 8.24. The molecule has 2 aromatic rings. The van der Waals surface area contributed by atoms with Crippen molar-refractivity contribution in [1.82, 2.24) is 0 Å². The molecule has 0 saturated heterocycles. The normalized spacial score (nSPS) is 10.5. The van der Waals surface area contributed by atoms with E-state index in [0.717, 1.165) is 22.6 Å². The second-order valence-corrected chi connectivity index (χ2v) is 4.47. The molecule has 0 aliphatic rings. The van der Waals surface area contributed by atoms with Gasteiger partial charge in [-0.2, -0.15) is 0 Å². The van der Waals surface area contributed by atoms with E-state index in [4.69, 9.17) is 17.3 Å². The summed E-state index contributed by atoms with van der Waals surface area (Å²) in [5.74, 6) is 0. The molecule has 0 radical (unpaired) electrons. The van der Waals surface area contributed by atoms with Gasteiger partial charge in [-0.1, -0.05) is 48.9 Å². The molecule has 0 aliphatic carbocycles. The minimum absolute atomic E-state index is 0.472. The first-order valence-electron chi connectivity index (χ1n) is 5.82. The number of rotatable bonds is 3. The zero-order valence-electron chi connectivity index (χ0n) is 9.91. The van der Waals surface area contributed by atoms with Crippen molar-refractivity contribution in [2.75, 3.05) is 0 Å². The molecule has 0 fully saturated rings. The third-order valence-corrected chi connectivity index (χ3v) is 3.33. The van der Waals surface area contributed by atoms with Crippen molar-refractivity contribution in [3.8, 4) is 11.1 Å². The molecule has 0 aliphatic heterocycles. The predicted molar refractivity (Wildman–Crippen MR) is 74.2 cm³/mol. The molecule has 0 aromatic heterocycles. The molecule has 2 aromatic carbocycles. The molecule has 2 rings (SSSR count). The fourth-order valence-corrected chi connectivity index (χ4v) is 2.04. The third-order valence-electron chi connectivity index (χ3n) is 2.96. The Morgan fingerprint density at radius 2 is 1.65 bits per heavy atom. The van der Waals surface area contributed by atoms with Gasteiger partial charge in [0.05, 0.1) is 0 Å². The first-order valence-corrected chi connectivity index (χ1v) is 6.20. The number of hydrogen-bond acceptors (Lipinski definition) is 1. The van der Waals surface area contributed by atoms with Crippen LogP contribution in [-0.2, 0) is 13.0 Å². The van der Waals surface area contributed by atoms with E-state index < -0.39 is 0 Å². The fourth-order valence-electron chi connectivity index (χ4n) is 1.84. The molecule has 88 valence electrons. The smallest absolute Gasteiger partial charge is 0.0451 e. The van der Waals surface area contributed by atoms with Crippen LogP contribution < -0.4 is 5.73 Å². The number of benzene rings is 2. The molecule has 17 heavy (non-hydrogen) atoms. The largest absolute Gasteiger partial charge is 0.326 e. The van der Waals surface area contributed by atoms with Crippen LogP contribution in [0.15, 0.2) is 42.5 Å². The molecule has 1 nitrogen and oxygen atoms in total. The average molecular weight is 246 g/mol. The van der Waals surface area contributed by atoms with Gasteiger partial charge < -0.3 is 5.73 Å². The van der Waals surface area contributed by atoms with Crippen molar-refractivity contribution >= 4 is 11.6 Å². The first kappa shape index (κ1) is 12.2. The van der Waals surface area contributed by atoms with Crippen molar-refractivity contribution in [3.63, 3.8) is 0 Å². The number of nitrogens with two attached hydrogens (primary N) is 1. The molecular formula is C15H16ClN. The monoisotopic (exact) mass is 245 g/mol. The van der Waals surface area contributed by atoms with Gasteiger partial charge in [0.15, 0.2) is 0 Å². The number of aryl methyl sites for hydroxylation is 1. The summed E-state index contributed by atoms with van der Waals surface area (Å²) < 4.78 is 0. The summed E-state index contributed by atoms with van der Waals surface area (Å²) in [5, 5.41) is 0.737. The van der Waals surface area contributed by atoms with Gasteiger partial charge >= 0.3 is 0 Å². The van der Waals surface area contributed by atoms with Crippen LogP contribution in [0.4, 0.5) is 0 Å². The zero-order chi connectivity index (χ0) is 12.3. The van der Waals surface area contributed by atoms with E-state index in [1.165, 1.54) is 11.1 Å². The van der Waals surface area contributed by atoms with Crippen LogP contribution in [-0.4, -0.2) is 0 Å². The molecule has 2 N–H and O–H groups in total. The summed E-state index contributed by atoms with van der Waals surface area (Å²) >= 11 is 6.05. The van der Waals surface area contributed by atoms with Gasteiger partial charge in [-0.3, -0.25) is 0 Å². The summed E-state index contributed by atoms with van der Waals surface area (Å²) in [4.78, 5) is 0. The van der Waals surface area contributed by atoms with Crippen molar-refractivity contribution in [2.24, 2.45) is 5.73 Å². The van der Waals surface area contributed by atoms with Crippen LogP contribution in [0.3, 0.4) is 0 Å². The molecule has 0 amide bonds.